The Morgan fingerprint density at radius 1 is 1.12 bits per heavy atom. The van der Waals surface area contributed by atoms with Gasteiger partial charge in [0.25, 0.3) is 0 Å². The molecule has 2 N–H and O–H groups in total. The predicted molar refractivity (Wildman–Crippen MR) is 140 cm³/mol. The maximum Gasteiger partial charge on any atom is 0.322 e. The molecule has 0 aromatic heterocycles. The smallest absolute Gasteiger partial charge is 0.322 e. The first-order valence-electron chi connectivity index (χ1n) is 11.3. The van der Waals surface area contributed by atoms with Crippen molar-refractivity contribution in [1.29, 1.82) is 0 Å². The summed E-state index contributed by atoms with van der Waals surface area (Å²) in [5, 5.41) is 3.08. The van der Waals surface area contributed by atoms with Crippen molar-refractivity contribution in [3.63, 3.8) is 0 Å². The Hall–Kier alpha value is -3.00. The summed E-state index contributed by atoms with van der Waals surface area (Å²) in [6.07, 6.45) is 5.87. The standard InChI is InChI=1S/C26H35N3O4S/c1-25(2,3)22-17-21(29-15-14-26(4,5)27-24(29)30)16-19(23(22)33-6)11-8-18-9-12-20(13-10-18)28-34(7,31)32/h8-13,16-17,28H,14-15H2,1-7H3,(H,27,30). The van der Waals surface area contributed by atoms with Crippen LogP contribution in [0.15, 0.2) is 36.4 Å². The third-order valence-corrected chi connectivity index (χ3v) is 6.35. The number of methoxy groups -OCH3 is 1. The predicted octanol–water partition coefficient (Wildman–Crippen LogP) is 5.23. The number of hydrogen-bond donors (Lipinski definition) is 2. The van der Waals surface area contributed by atoms with Crippen molar-refractivity contribution in [2.45, 2.75) is 52.0 Å². The summed E-state index contributed by atoms with van der Waals surface area (Å²) in [4.78, 5) is 14.6. The van der Waals surface area contributed by atoms with Gasteiger partial charge in [-0.15, -0.1) is 0 Å². The molecule has 2 amide bonds. The second-order valence-electron chi connectivity index (χ2n) is 10.4. The molecule has 7 nitrogen and oxygen atoms in total. The summed E-state index contributed by atoms with van der Waals surface area (Å²) in [5.41, 5.74) is 3.68. The van der Waals surface area contributed by atoms with E-state index in [-0.39, 0.29) is 17.0 Å². The van der Waals surface area contributed by atoms with Crippen molar-refractivity contribution in [1.82, 2.24) is 5.32 Å². The number of urea groups is 1. The van der Waals surface area contributed by atoms with Crippen molar-refractivity contribution in [3.05, 3.63) is 53.1 Å². The largest absolute Gasteiger partial charge is 0.496 e. The molecule has 1 aliphatic rings. The SMILES string of the molecule is COc1c(C=Cc2ccc(NS(C)(=O)=O)cc2)cc(N2CCC(C)(C)NC2=O)cc1C(C)(C)C. The average molecular weight is 486 g/mol. The Morgan fingerprint density at radius 3 is 2.29 bits per heavy atom. The van der Waals surface area contributed by atoms with Crippen LogP contribution < -0.4 is 19.7 Å². The molecule has 1 saturated heterocycles. The maximum atomic E-state index is 12.9. The fraction of sp³-hybridized carbons (Fsp3) is 0.423. The minimum Gasteiger partial charge on any atom is -0.496 e. The Bertz CT molecular complexity index is 1190. The molecule has 3 rings (SSSR count). The molecule has 2 aromatic rings. The van der Waals surface area contributed by atoms with Crippen LogP contribution in [-0.2, 0) is 15.4 Å². The lowest BCUT2D eigenvalue weighted by molar-refractivity contribution is 0.224. The summed E-state index contributed by atoms with van der Waals surface area (Å²) in [6, 6.07) is 11.0. The molecule has 0 saturated carbocycles. The molecule has 184 valence electrons. The van der Waals surface area contributed by atoms with Gasteiger partial charge < -0.3 is 10.1 Å². The van der Waals surface area contributed by atoms with E-state index in [1.54, 1.807) is 24.1 Å². The zero-order chi connectivity index (χ0) is 25.3. The Morgan fingerprint density at radius 2 is 1.76 bits per heavy atom. The molecule has 0 atom stereocenters. The van der Waals surface area contributed by atoms with Gasteiger partial charge in [0.15, 0.2) is 0 Å². The molecule has 1 fully saturated rings. The monoisotopic (exact) mass is 485 g/mol. The topological polar surface area (TPSA) is 87.7 Å². The first-order valence-corrected chi connectivity index (χ1v) is 13.2. The Kier molecular flexibility index (Phi) is 7.03. The summed E-state index contributed by atoms with van der Waals surface area (Å²) in [7, 11) is -1.67. The third-order valence-electron chi connectivity index (χ3n) is 5.75. The van der Waals surface area contributed by atoms with E-state index in [0.29, 0.717) is 12.2 Å². The van der Waals surface area contributed by atoms with Gasteiger partial charge in [0.05, 0.1) is 13.4 Å². The molecule has 2 aromatic carbocycles. The van der Waals surface area contributed by atoms with Crippen molar-refractivity contribution in [2.75, 3.05) is 29.5 Å². The summed E-state index contributed by atoms with van der Waals surface area (Å²) in [5.74, 6) is 0.764. The molecule has 0 radical (unpaired) electrons. The van der Waals surface area contributed by atoms with Crippen molar-refractivity contribution in [3.8, 4) is 5.75 Å². The molecule has 1 heterocycles. The van der Waals surface area contributed by atoms with E-state index in [1.165, 1.54) is 0 Å². The lowest BCUT2D eigenvalue weighted by atomic mass is 9.84. The maximum absolute atomic E-state index is 12.9. The van der Waals surface area contributed by atoms with Crippen LogP contribution in [0, 0.1) is 0 Å². The van der Waals surface area contributed by atoms with Crippen LogP contribution in [-0.4, -0.2) is 39.9 Å². The highest BCUT2D eigenvalue weighted by Crippen LogP contribution is 2.39. The number of carbonyl (C=O) groups is 1. The molecule has 1 aliphatic heterocycles. The minimum atomic E-state index is -3.32. The second-order valence-corrected chi connectivity index (χ2v) is 12.2. The number of anilines is 2. The molecule has 0 unspecified atom stereocenters. The van der Waals surface area contributed by atoms with Crippen molar-refractivity contribution < 1.29 is 17.9 Å². The van der Waals surface area contributed by atoms with Gasteiger partial charge in [-0.25, -0.2) is 13.2 Å². The number of rotatable bonds is 6. The Balaban J connectivity index is 2.00. The van der Waals surface area contributed by atoms with Gasteiger partial charge in [0.1, 0.15) is 5.75 Å². The van der Waals surface area contributed by atoms with Crippen LogP contribution in [0.4, 0.5) is 16.2 Å². The molecule has 8 heteroatoms. The third kappa shape index (κ3) is 6.32. The highest BCUT2D eigenvalue weighted by atomic mass is 32.2. The van der Waals surface area contributed by atoms with Crippen LogP contribution in [0.5, 0.6) is 5.75 Å². The van der Waals surface area contributed by atoms with Crippen molar-refractivity contribution in [2.24, 2.45) is 0 Å². The normalized spacial score (nSPS) is 16.4. The number of sulfonamides is 1. The van der Waals surface area contributed by atoms with Crippen LogP contribution in [0.1, 0.15) is 57.7 Å². The van der Waals surface area contributed by atoms with E-state index in [4.69, 9.17) is 4.74 Å². The highest BCUT2D eigenvalue weighted by Gasteiger charge is 2.32. The van der Waals surface area contributed by atoms with Gasteiger partial charge in [-0.3, -0.25) is 9.62 Å². The number of hydrogen-bond acceptors (Lipinski definition) is 4. The van der Waals surface area contributed by atoms with Gasteiger partial charge >= 0.3 is 6.03 Å². The van der Waals surface area contributed by atoms with Crippen LogP contribution in [0.3, 0.4) is 0 Å². The van der Waals surface area contributed by atoms with E-state index in [0.717, 1.165) is 40.8 Å². The first kappa shape index (κ1) is 25.6. The van der Waals surface area contributed by atoms with Crippen LogP contribution in [0.2, 0.25) is 0 Å². The van der Waals surface area contributed by atoms with E-state index in [9.17, 15) is 13.2 Å². The van der Waals surface area contributed by atoms with Gasteiger partial charge in [0, 0.05) is 34.6 Å². The lowest BCUT2D eigenvalue weighted by Gasteiger charge is -2.38. The number of nitrogens with one attached hydrogen (secondary N) is 2. The lowest BCUT2D eigenvalue weighted by Crippen LogP contribution is -2.57. The minimum absolute atomic E-state index is 0.106. The first-order chi connectivity index (χ1) is 15.7. The number of carbonyl (C=O) groups excluding carboxylic acids is 1. The fourth-order valence-electron chi connectivity index (χ4n) is 3.92. The zero-order valence-corrected chi connectivity index (χ0v) is 21.8. The number of amides is 2. The number of nitrogens with zero attached hydrogens (tertiary/aromatic N) is 1. The molecule has 0 spiro atoms. The molecule has 0 aliphatic carbocycles. The van der Waals surface area contributed by atoms with Gasteiger partial charge in [-0.1, -0.05) is 45.1 Å². The second kappa shape index (κ2) is 9.33. The van der Waals surface area contributed by atoms with E-state index >= 15 is 0 Å². The molecular formula is C26H35N3O4S. The molecule has 0 bridgehead atoms. The average Bonchev–Trinajstić information content (AvgIpc) is 2.70. The number of benzene rings is 2. The highest BCUT2D eigenvalue weighted by molar-refractivity contribution is 7.92. The summed E-state index contributed by atoms with van der Waals surface area (Å²) >= 11 is 0. The van der Waals surface area contributed by atoms with Crippen LogP contribution >= 0.6 is 0 Å². The summed E-state index contributed by atoms with van der Waals surface area (Å²) < 4.78 is 31.1. The van der Waals surface area contributed by atoms with Gasteiger partial charge in [0.2, 0.25) is 10.0 Å². The molecular weight excluding hydrogens is 450 g/mol. The quantitative estimate of drug-likeness (QED) is 0.548. The van der Waals surface area contributed by atoms with Gasteiger partial charge in [-0.05, 0) is 55.5 Å². The zero-order valence-electron chi connectivity index (χ0n) is 21.0. The number of ether oxygens (including phenoxy) is 1. The van der Waals surface area contributed by atoms with Crippen LogP contribution in [0.25, 0.3) is 12.2 Å². The molecule has 34 heavy (non-hydrogen) atoms. The van der Waals surface area contributed by atoms with Crippen molar-refractivity contribution >= 4 is 39.6 Å². The van der Waals surface area contributed by atoms with E-state index < -0.39 is 10.0 Å². The summed E-state index contributed by atoms with van der Waals surface area (Å²) in [6.45, 7) is 11.1. The van der Waals surface area contributed by atoms with E-state index in [2.05, 4.69) is 30.8 Å². The Labute approximate surface area is 203 Å². The fourth-order valence-corrected chi connectivity index (χ4v) is 4.49. The van der Waals surface area contributed by atoms with Gasteiger partial charge in [-0.2, -0.15) is 0 Å². The van der Waals surface area contributed by atoms with E-state index in [1.807, 2.05) is 50.3 Å².